The van der Waals surface area contributed by atoms with E-state index < -0.39 is 0 Å². The monoisotopic (exact) mass is 320 g/mol. The number of aryl methyl sites for hydroxylation is 1. The van der Waals surface area contributed by atoms with E-state index in [2.05, 4.69) is 31.7 Å². The van der Waals surface area contributed by atoms with Gasteiger partial charge >= 0.3 is 0 Å². The molecule has 0 saturated carbocycles. The molecule has 0 aliphatic rings. The van der Waals surface area contributed by atoms with Crippen LogP contribution in [0.15, 0.2) is 41.0 Å². The molecule has 0 spiro atoms. The van der Waals surface area contributed by atoms with Gasteiger partial charge in [-0.3, -0.25) is 10.6 Å². The number of hydrogen-bond acceptors (Lipinski definition) is 4. The normalized spacial score (nSPS) is 10.1. The predicted octanol–water partition coefficient (Wildman–Crippen LogP) is 2.69. The Labute approximate surface area is 119 Å². The predicted molar refractivity (Wildman–Crippen MR) is 78.9 cm³/mol. The quantitative estimate of drug-likeness (QED) is 0.600. The Morgan fingerprint density at radius 2 is 2.00 bits per heavy atom. The van der Waals surface area contributed by atoms with Gasteiger partial charge in [-0.2, -0.15) is 0 Å². The maximum absolute atomic E-state index is 12.0. The lowest BCUT2D eigenvalue weighted by atomic mass is 10.2. The molecule has 0 atom stereocenters. The van der Waals surface area contributed by atoms with Crippen molar-refractivity contribution in [3.8, 4) is 0 Å². The molecule has 2 aromatic rings. The van der Waals surface area contributed by atoms with Crippen LogP contribution in [-0.2, 0) is 0 Å². The zero-order valence-corrected chi connectivity index (χ0v) is 11.9. The van der Waals surface area contributed by atoms with Crippen molar-refractivity contribution in [2.45, 2.75) is 6.92 Å². The SMILES string of the molecule is Cc1cc(Br)cnc1NC(=O)c1ccc(NN)cc1. The maximum atomic E-state index is 12.0. The number of anilines is 2. The molecule has 1 aromatic carbocycles. The molecule has 0 bridgehead atoms. The number of nitrogens with zero attached hydrogens (tertiary/aromatic N) is 1. The van der Waals surface area contributed by atoms with Crippen molar-refractivity contribution in [3.63, 3.8) is 0 Å². The highest BCUT2D eigenvalue weighted by Crippen LogP contribution is 2.17. The Balaban J connectivity index is 2.15. The number of nitrogens with one attached hydrogen (secondary N) is 2. The summed E-state index contributed by atoms with van der Waals surface area (Å²) in [7, 11) is 0. The first-order valence-corrected chi connectivity index (χ1v) is 6.39. The topological polar surface area (TPSA) is 80.0 Å². The lowest BCUT2D eigenvalue weighted by molar-refractivity contribution is 0.102. The van der Waals surface area contributed by atoms with Crippen molar-refractivity contribution in [1.82, 2.24) is 4.98 Å². The van der Waals surface area contributed by atoms with Gasteiger partial charge in [-0.25, -0.2) is 4.98 Å². The Morgan fingerprint density at radius 3 is 2.58 bits per heavy atom. The Hall–Kier alpha value is -1.92. The van der Waals surface area contributed by atoms with Gasteiger partial charge in [-0.1, -0.05) is 0 Å². The molecule has 6 heteroatoms. The van der Waals surface area contributed by atoms with Gasteiger partial charge in [0.15, 0.2) is 0 Å². The molecule has 0 aliphatic carbocycles. The summed E-state index contributed by atoms with van der Waals surface area (Å²) in [6, 6.07) is 8.75. The fourth-order valence-electron chi connectivity index (χ4n) is 1.57. The van der Waals surface area contributed by atoms with Gasteiger partial charge in [0.05, 0.1) is 0 Å². The van der Waals surface area contributed by atoms with Gasteiger partial charge < -0.3 is 10.7 Å². The van der Waals surface area contributed by atoms with Gasteiger partial charge in [-0.05, 0) is 58.7 Å². The lowest BCUT2D eigenvalue weighted by Crippen LogP contribution is -2.14. The van der Waals surface area contributed by atoms with E-state index >= 15 is 0 Å². The van der Waals surface area contributed by atoms with Crippen LogP contribution >= 0.6 is 15.9 Å². The third kappa shape index (κ3) is 3.30. The van der Waals surface area contributed by atoms with Gasteiger partial charge in [0.2, 0.25) is 0 Å². The summed E-state index contributed by atoms with van der Waals surface area (Å²) in [5, 5.41) is 2.77. The number of benzene rings is 1. The number of halogens is 1. The smallest absolute Gasteiger partial charge is 0.256 e. The van der Waals surface area contributed by atoms with Crippen LogP contribution < -0.4 is 16.6 Å². The first-order valence-electron chi connectivity index (χ1n) is 5.60. The molecule has 0 saturated heterocycles. The van der Waals surface area contributed by atoms with Gasteiger partial charge in [0.1, 0.15) is 5.82 Å². The molecule has 0 radical (unpaired) electrons. The van der Waals surface area contributed by atoms with Crippen LogP contribution in [0.5, 0.6) is 0 Å². The molecule has 1 heterocycles. The molecule has 19 heavy (non-hydrogen) atoms. The molecule has 1 aromatic heterocycles. The van der Waals surface area contributed by atoms with Crippen LogP contribution in [0.2, 0.25) is 0 Å². The molecule has 98 valence electrons. The van der Waals surface area contributed by atoms with E-state index in [4.69, 9.17) is 5.84 Å². The first kappa shape index (κ1) is 13.5. The van der Waals surface area contributed by atoms with Crippen molar-refractivity contribution in [3.05, 3.63) is 52.1 Å². The maximum Gasteiger partial charge on any atom is 0.256 e. The summed E-state index contributed by atoms with van der Waals surface area (Å²) < 4.78 is 0.876. The van der Waals surface area contributed by atoms with Gasteiger partial charge in [0, 0.05) is 21.9 Å². The van der Waals surface area contributed by atoms with Crippen LogP contribution in [0.25, 0.3) is 0 Å². The fraction of sp³-hybridized carbons (Fsp3) is 0.0769. The molecule has 5 nitrogen and oxygen atoms in total. The summed E-state index contributed by atoms with van der Waals surface area (Å²) in [6.07, 6.45) is 1.64. The second-order valence-corrected chi connectivity index (χ2v) is 4.91. The fourth-order valence-corrected chi connectivity index (χ4v) is 2.01. The number of carbonyl (C=O) groups excluding carboxylic acids is 1. The highest BCUT2D eigenvalue weighted by atomic mass is 79.9. The van der Waals surface area contributed by atoms with Crippen molar-refractivity contribution < 1.29 is 4.79 Å². The minimum atomic E-state index is -0.207. The first-order chi connectivity index (χ1) is 9.10. The van der Waals surface area contributed by atoms with Crippen LogP contribution in [0.1, 0.15) is 15.9 Å². The zero-order valence-electron chi connectivity index (χ0n) is 10.3. The lowest BCUT2D eigenvalue weighted by Gasteiger charge is -2.08. The minimum absolute atomic E-state index is 0.207. The van der Waals surface area contributed by atoms with E-state index in [-0.39, 0.29) is 5.91 Å². The Kier molecular flexibility index (Phi) is 4.13. The number of nitrogen functional groups attached to an aromatic ring is 1. The summed E-state index contributed by atoms with van der Waals surface area (Å²) in [5.41, 5.74) is 4.69. The average molecular weight is 321 g/mol. The number of carbonyl (C=O) groups is 1. The summed E-state index contributed by atoms with van der Waals surface area (Å²) in [5.74, 6) is 5.61. The highest BCUT2D eigenvalue weighted by Gasteiger charge is 2.08. The van der Waals surface area contributed by atoms with E-state index in [1.807, 2.05) is 13.0 Å². The largest absolute Gasteiger partial charge is 0.324 e. The Bertz CT molecular complexity index is 598. The molecular weight excluding hydrogens is 308 g/mol. The van der Waals surface area contributed by atoms with Crippen LogP contribution in [0.4, 0.5) is 11.5 Å². The van der Waals surface area contributed by atoms with Crippen LogP contribution in [0, 0.1) is 6.92 Å². The molecule has 0 fully saturated rings. The molecule has 1 amide bonds. The van der Waals surface area contributed by atoms with Crippen molar-refractivity contribution in [1.29, 1.82) is 0 Å². The summed E-state index contributed by atoms with van der Waals surface area (Å²) in [6.45, 7) is 1.88. The minimum Gasteiger partial charge on any atom is -0.324 e. The Morgan fingerprint density at radius 1 is 1.32 bits per heavy atom. The van der Waals surface area contributed by atoms with Crippen molar-refractivity contribution in [2.24, 2.45) is 5.84 Å². The number of hydrazine groups is 1. The molecular formula is C13H13BrN4O. The number of pyridine rings is 1. The number of amides is 1. The number of rotatable bonds is 3. The van der Waals surface area contributed by atoms with Crippen molar-refractivity contribution in [2.75, 3.05) is 10.7 Å². The number of aromatic nitrogens is 1. The second-order valence-electron chi connectivity index (χ2n) is 3.99. The van der Waals surface area contributed by atoms with Gasteiger partial charge in [-0.15, -0.1) is 0 Å². The molecule has 0 unspecified atom stereocenters. The van der Waals surface area contributed by atoms with E-state index in [9.17, 15) is 4.79 Å². The third-order valence-electron chi connectivity index (χ3n) is 2.59. The molecule has 0 aliphatic heterocycles. The van der Waals surface area contributed by atoms with E-state index in [0.29, 0.717) is 11.4 Å². The second kappa shape index (κ2) is 5.81. The summed E-state index contributed by atoms with van der Waals surface area (Å²) >= 11 is 3.33. The van der Waals surface area contributed by atoms with Crippen LogP contribution in [0.3, 0.4) is 0 Å². The zero-order chi connectivity index (χ0) is 13.8. The van der Waals surface area contributed by atoms with Crippen molar-refractivity contribution >= 4 is 33.3 Å². The van der Waals surface area contributed by atoms with E-state index in [0.717, 1.165) is 15.7 Å². The summed E-state index contributed by atoms with van der Waals surface area (Å²) in [4.78, 5) is 16.2. The number of hydrogen-bond donors (Lipinski definition) is 3. The standard InChI is InChI=1S/C13H13BrN4O/c1-8-6-10(14)7-16-12(8)17-13(19)9-2-4-11(18-15)5-3-9/h2-7,18H,15H2,1H3,(H,16,17,19). The average Bonchev–Trinajstić information content (AvgIpc) is 2.42. The van der Waals surface area contributed by atoms with Gasteiger partial charge in [0.25, 0.3) is 5.91 Å². The molecule has 2 rings (SSSR count). The van der Waals surface area contributed by atoms with E-state index in [1.165, 1.54) is 0 Å². The highest BCUT2D eigenvalue weighted by molar-refractivity contribution is 9.10. The number of nitrogens with two attached hydrogens (primary N) is 1. The third-order valence-corrected chi connectivity index (χ3v) is 3.02. The van der Waals surface area contributed by atoms with Crippen LogP contribution in [-0.4, -0.2) is 10.9 Å². The van der Waals surface area contributed by atoms with E-state index in [1.54, 1.807) is 30.5 Å². The molecule has 4 N–H and O–H groups in total.